The summed E-state index contributed by atoms with van der Waals surface area (Å²) in [6.45, 7) is 0. The van der Waals surface area contributed by atoms with Gasteiger partial charge in [0.1, 0.15) is 11.5 Å². The van der Waals surface area contributed by atoms with Crippen LogP contribution in [0, 0.1) is 0 Å². The third-order valence-electron chi connectivity index (χ3n) is 2.15. The lowest BCUT2D eigenvalue weighted by atomic mass is 10.0. The number of hydrogen-bond donors (Lipinski definition) is 3. The van der Waals surface area contributed by atoms with Gasteiger partial charge in [-0.1, -0.05) is 6.07 Å². The maximum absolute atomic E-state index is 11.9. The van der Waals surface area contributed by atoms with E-state index in [2.05, 4.69) is 0 Å². The first-order valence-electron chi connectivity index (χ1n) is 4.64. The molecule has 1 aromatic carbocycles. The molecule has 0 aliphatic rings. The molecule has 0 aliphatic heterocycles. The first-order valence-corrected chi connectivity index (χ1v) is 4.64. The second-order valence-electron chi connectivity index (χ2n) is 3.50. The van der Waals surface area contributed by atoms with E-state index in [-0.39, 0.29) is 35.9 Å². The van der Waals surface area contributed by atoms with Gasteiger partial charge >= 0.3 is 6.18 Å². The molecule has 0 unspecified atom stereocenters. The second-order valence-corrected chi connectivity index (χ2v) is 3.50. The Morgan fingerprint density at radius 3 is 2.29 bits per heavy atom. The Balaban J connectivity index is 0.00000256. The minimum absolute atomic E-state index is 0. The van der Waals surface area contributed by atoms with E-state index in [1.54, 1.807) is 0 Å². The number of halogens is 4. The van der Waals surface area contributed by atoms with Crippen molar-refractivity contribution >= 4 is 12.4 Å². The number of alkyl halides is 3. The minimum Gasteiger partial charge on any atom is -0.508 e. The monoisotopic (exact) mass is 271 g/mol. The van der Waals surface area contributed by atoms with Crippen molar-refractivity contribution in [1.82, 2.24) is 0 Å². The molecule has 0 aromatic heterocycles. The third kappa shape index (κ3) is 5.14. The quantitative estimate of drug-likeness (QED) is 0.792. The Bertz CT molecular complexity index is 371. The van der Waals surface area contributed by atoms with E-state index in [4.69, 9.17) is 10.8 Å². The van der Waals surface area contributed by atoms with Crippen molar-refractivity contribution in [3.05, 3.63) is 23.8 Å². The number of phenolic OH excluding ortho intramolecular Hbond substituents is 2. The van der Waals surface area contributed by atoms with Crippen LogP contribution in [0.25, 0.3) is 0 Å². The lowest BCUT2D eigenvalue weighted by molar-refractivity contribution is -0.136. The summed E-state index contributed by atoms with van der Waals surface area (Å²) in [4.78, 5) is 0. The van der Waals surface area contributed by atoms with Crippen LogP contribution >= 0.6 is 12.4 Å². The Morgan fingerprint density at radius 2 is 1.82 bits per heavy atom. The molecule has 0 bridgehead atoms. The van der Waals surface area contributed by atoms with E-state index in [1.807, 2.05) is 0 Å². The molecule has 0 spiro atoms. The summed E-state index contributed by atoms with van der Waals surface area (Å²) >= 11 is 0. The van der Waals surface area contributed by atoms with E-state index in [0.717, 1.165) is 6.07 Å². The van der Waals surface area contributed by atoms with Crippen LogP contribution in [0.2, 0.25) is 0 Å². The highest BCUT2D eigenvalue weighted by Gasteiger charge is 2.28. The predicted octanol–water partition coefficient (Wildman–Crippen LogP) is 2.86. The topological polar surface area (TPSA) is 66.5 Å². The molecule has 98 valence electrons. The van der Waals surface area contributed by atoms with Gasteiger partial charge in [0, 0.05) is 24.1 Å². The van der Waals surface area contributed by atoms with Gasteiger partial charge in [-0.15, -0.1) is 12.4 Å². The van der Waals surface area contributed by atoms with Gasteiger partial charge in [0.2, 0.25) is 0 Å². The van der Waals surface area contributed by atoms with Crippen LogP contribution in [0.4, 0.5) is 13.2 Å². The molecule has 0 fully saturated rings. The van der Waals surface area contributed by atoms with Crippen molar-refractivity contribution in [2.75, 3.05) is 0 Å². The number of nitrogens with two attached hydrogens (primary N) is 1. The van der Waals surface area contributed by atoms with Crippen molar-refractivity contribution in [2.24, 2.45) is 5.73 Å². The van der Waals surface area contributed by atoms with Crippen LogP contribution < -0.4 is 5.73 Å². The summed E-state index contributed by atoms with van der Waals surface area (Å²) in [7, 11) is 0. The van der Waals surface area contributed by atoms with Gasteiger partial charge < -0.3 is 15.9 Å². The van der Waals surface area contributed by atoms with E-state index in [9.17, 15) is 18.3 Å². The van der Waals surface area contributed by atoms with Gasteiger partial charge in [-0.25, -0.2) is 0 Å². The molecule has 4 N–H and O–H groups in total. The Hall–Kier alpha value is -1.14. The first kappa shape index (κ1) is 15.9. The number of benzene rings is 1. The highest BCUT2D eigenvalue weighted by Crippen LogP contribution is 2.31. The average Bonchev–Trinajstić information content (AvgIpc) is 2.13. The summed E-state index contributed by atoms with van der Waals surface area (Å²) < 4.78 is 35.8. The predicted molar refractivity (Wildman–Crippen MR) is 59.2 cm³/mol. The zero-order valence-corrected chi connectivity index (χ0v) is 9.55. The summed E-state index contributed by atoms with van der Waals surface area (Å²) in [5, 5.41) is 18.4. The molecule has 0 saturated carbocycles. The number of rotatable bonds is 3. The average molecular weight is 272 g/mol. The zero-order chi connectivity index (χ0) is 12.3. The normalized spacial score (nSPS) is 12.9. The highest BCUT2D eigenvalue weighted by molar-refractivity contribution is 5.85. The third-order valence-corrected chi connectivity index (χ3v) is 2.15. The molecule has 0 radical (unpaired) electrons. The van der Waals surface area contributed by atoms with Crippen LogP contribution in [-0.2, 0) is 0 Å². The fraction of sp³-hybridized carbons (Fsp3) is 0.400. The molecular weight excluding hydrogens is 259 g/mol. The summed E-state index contributed by atoms with van der Waals surface area (Å²) in [6, 6.07) is 2.72. The van der Waals surface area contributed by atoms with Gasteiger partial charge in [0.25, 0.3) is 0 Å². The van der Waals surface area contributed by atoms with Gasteiger partial charge in [-0.2, -0.15) is 13.2 Å². The smallest absolute Gasteiger partial charge is 0.389 e. The van der Waals surface area contributed by atoms with E-state index < -0.39 is 18.6 Å². The van der Waals surface area contributed by atoms with Crippen LogP contribution in [0.1, 0.15) is 24.4 Å². The molecule has 0 saturated heterocycles. The van der Waals surface area contributed by atoms with Crippen molar-refractivity contribution in [3.8, 4) is 11.5 Å². The Morgan fingerprint density at radius 1 is 1.24 bits per heavy atom. The molecule has 1 atom stereocenters. The molecule has 3 nitrogen and oxygen atoms in total. The van der Waals surface area contributed by atoms with Gasteiger partial charge in [-0.05, 0) is 12.5 Å². The number of hydrogen-bond acceptors (Lipinski definition) is 3. The zero-order valence-electron chi connectivity index (χ0n) is 8.74. The number of phenols is 2. The SMILES string of the molecule is Cl.N[C@@H](CCC(F)(F)F)c1ccc(O)cc1O. The molecule has 7 heteroatoms. The first-order chi connectivity index (χ1) is 7.29. The fourth-order valence-electron chi connectivity index (χ4n) is 1.32. The van der Waals surface area contributed by atoms with Crippen LogP contribution in [0.15, 0.2) is 18.2 Å². The van der Waals surface area contributed by atoms with Crippen molar-refractivity contribution in [1.29, 1.82) is 0 Å². The number of aromatic hydroxyl groups is 2. The maximum Gasteiger partial charge on any atom is 0.389 e. The summed E-state index contributed by atoms with van der Waals surface area (Å²) in [5.41, 5.74) is 5.71. The van der Waals surface area contributed by atoms with Crippen LogP contribution in [-0.4, -0.2) is 16.4 Å². The molecule has 0 heterocycles. The summed E-state index contributed by atoms with van der Waals surface area (Å²) in [6.07, 6.45) is -5.57. The lowest BCUT2D eigenvalue weighted by Gasteiger charge is -2.14. The largest absolute Gasteiger partial charge is 0.508 e. The molecular formula is C10H13ClF3NO2. The van der Waals surface area contributed by atoms with Crippen molar-refractivity contribution in [2.45, 2.75) is 25.1 Å². The van der Waals surface area contributed by atoms with Gasteiger partial charge in [0.15, 0.2) is 0 Å². The Labute approximate surface area is 102 Å². The molecule has 1 aromatic rings. The Kier molecular flexibility index (Phi) is 5.57. The second kappa shape index (κ2) is 5.97. The molecule has 0 aliphatic carbocycles. The van der Waals surface area contributed by atoms with Gasteiger partial charge in [0.05, 0.1) is 0 Å². The van der Waals surface area contributed by atoms with E-state index in [0.29, 0.717) is 0 Å². The summed E-state index contributed by atoms with van der Waals surface area (Å²) in [5.74, 6) is -0.459. The van der Waals surface area contributed by atoms with Crippen molar-refractivity contribution < 1.29 is 23.4 Å². The van der Waals surface area contributed by atoms with E-state index in [1.165, 1.54) is 12.1 Å². The lowest BCUT2D eigenvalue weighted by Crippen LogP contribution is -2.15. The maximum atomic E-state index is 11.9. The standard InChI is InChI=1S/C10H12F3NO2.ClH/c11-10(12,13)4-3-8(14)7-2-1-6(15)5-9(7)16;/h1-2,5,8,15-16H,3-4,14H2;1H/t8-;/m0./s1. The fourth-order valence-corrected chi connectivity index (χ4v) is 1.32. The molecule has 17 heavy (non-hydrogen) atoms. The molecule has 1 rings (SSSR count). The van der Waals surface area contributed by atoms with Crippen LogP contribution in [0.3, 0.4) is 0 Å². The van der Waals surface area contributed by atoms with E-state index >= 15 is 0 Å². The van der Waals surface area contributed by atoms with Crippen molar-refractivity contribution in [3.63, 3.8) is 0 Å². The van der Waals surface area contributed by atoms with Crippen LogP contribution in [0.5, 0.6) is 11.5 Å². The minimum atomic E-state index is -4.26. The van der Waals surface area contributed by atoms with Gasteiger partial charge in [-0.3, -0.25) is 0 Å². The highest BCUT2D eigenvalue weighted by atomic mass is 35.5. The molecule has 0 amide bonds.